The number of benzene rings is 1. The van der Waals surface area contributed by atoms with Crippen LogP contribution in [0, 0.1) is 17.5 Å². The van der Waals surface area contributed by atoms with Crippen LogP contribution in [0.25, 0.3) is 0 Å². The molecule has 0 aliphatic carbocycles. The Kier molecular flexibility index (Phi) is 4.87. The van der Waals surface area contributed by atoms with Crippen molar-refractivity contribution >= 4 is 11.6 Å². The first kappa shape index (κ1) is 16.1. The van der Waals surface area contributed by atoms with Gasteiger partial charge >= 0.3 is 0 Å². The monoisotopic (exact) mass is 312 g/mol. The van der Waals surface area contributed by atoms with Crippen LogP contribution in [0.15, 0.2) is 34.9 Å². The van der Waals surface area contributed by atoms with Crippen LogP contribution in [0.3, 0.4) is 0 Å². The number of carbonyl (C=O) groups excluding carboxylic acids is 1. The van der Waals surface area contributed by atoms with Gasteiger partial charge in [-0.05, 0) is 38.1 Å². The number of hydrogen-bond donors (Lipinski definition) is 2. The molecular formula is C15H15F3N2O2. The highest BCUT2D eigenvalue weighted by molar-refractivity contribution is 5.94. The summed E-state index contributed by atoms with van der Waals surface area (Å²) < 4.78 is 44.6. The summed E-state index contributed by atoms with van der Waals surface area (Å²) in [5, 5.41) is 5.17. The third-order valence-corrected chi connectivity index (χ3v) is 3.16. The first-order valence-electron chi connectivity index (χ1n) is 6.64. The topological polar surface area (TPSA) is 54.3 Å². The molecule has 1 amide bonds. The Labute approximate surface area is 125 Å². The van der Waals surface area contributed by atoms with E-state index >= 15 is 0 Å². The van der Waals surface area contributed by atoms with Gasteiger partial charge in [-0.15, -0.1) is 0 Å². The molecule has 0 spiro atoms. The van der Waals surface area contributed by atoms with E-state index in [1.165, 1.54) is 6.26 Å². The summed E-state index contributed by atoms with van der Waals surface area (Å²) >= 11 is 0. The molecule has 22 heavy (non-hydrogen) atoms. The molecule has 2 N–H and O–H groups in total. The maximum Gasteiger partial charge on any atom is 0.241 e. The average Bonchev–Trinajstić information content (AvgIpc) is 3.02. The molecule has 118 valence electrons. The van der Waals surface area contributed by atoms with Crippen LogP contribution in [0.1, 0.15) is 25.6 Å². The highest BCUT2D eigenvalue weighted by Gasteiger charge is 2.20. The van der Waals surface area contributed by atoms with Crippen LogP contribution in [-0.4, -0.2) is 11.9 Å². The van der Waals surface area contributed by atoms with Gasteiger partial charge in [-0.25, -0.2) is 13.2 Å². The fourth-order valence-electron chi connectivity index (χ4n) is 1.93. The van der Waals surface area contributed by atoms with Gasteiger partial charge in [-0.3, -0.25) is 10.1 Å². The third kappa shape index (κ3) is 3.48. The molecule has 0 fully saturated rings. The molecule has 0 aliphatic heterocycles. The van der Waals surface area contributed by atoms with E-state index in [0.717, 1.165) is 12.1 Å². The zero-order valence-corrected chi connectivity index (χ0v) is 12.0. The lowest BCUT2D eigenvalue weighted by molar-refractivity contribution is -0.118. The van der Waals surface area contributed by atoms with E-state index in [4.69, 9.17) is 4.42 Å². The van der Waals surface area contributed by atoms with E-state index in [9.17, 15) is 18.0 Å². The molecule has 7 heteroatoms. The first-order chi connectivity index (χ1) is 10.4. The van der Waals surface area contributed by atoms with Gasteiger partial charge in [0.25, 0.3) is 0 Å². The standard InChI is InChI=1S/C15H15F3N2O2/c1-8(12-4-3-7-22-12)19-9(2)15(21)20-11-6-5-10(16)13(17)14(11)18/h3-9,19H,1-2H3,(H,20,21)/t8-,9-/m0/s1. The summed E-state index contributed by atoms with van der Waals surface area (Å²) in [5.41, 5.74) is -0.414. The van der Waals surface area contributed by atoms with Gasteiger partial charge in [-0.1, -0.05) is 0 Å². The lowest BCUT2D eigenvalue weighted by atomic mass is 10.2. The second kappa shape index (κ2) is 6.65. The van der Waals surface area contributed by atoms with Gasteiger partial charge in [0.2, 0.25) is 5.91 Å². The van der Waals surface area contributed by atoms with E-state index < -0.39 is 35.1 Å². The number of rotatable bonds is 5. The molecule has 0 radical (unpaired) electrons. The SMILES string of the molecule is C[C@H](N[C@@H](C)c1ccco1)C(=O)Nc1ccc(F)c(F)c1F. The van der Waals surface area contributed by atoms with Crippen molar-refractivity contribution in [3.63, 3.8) is 0 Å². The van der Waals surface area contributed by atoms with Crippen molar-refractivity contribution in [3.8, 4) is 0 Å². The van der Waals surface area contributed by atoms with E-state index in [1.54, 1.807) is 26.0 Å². The van der Waals surface area contributed by atoms with E-state index in [2.05, 4.69) is 10.6 Å². The van der Waals surface area contributed by atoms with Crippen LogP contribution in [0.4, 0.5) is 18.9 Å². The second-order valence-corrected chi connectivity index (χ2v) is 4.84. The van der Waals surface area contributed by atoms with Crippen molar-refractivity contribution in [2.24, 2.45) is 0 Å². The molecule has 2 aromatic rings. The molecule has 2 rings (SSSR count). The lowest BCUT2D eigenvalue weighted by Crippen LogP contribution is -2.39. The quantitative estimate of drug-likeness (QED) is 0.832. The summed E-state index contributed by atoms with van der Waals surface area (Å²) in [6.45, 7) is 3.35. The predicted octanol–water partition coefficient (Wildman–Crippen LogP) is 3.37. The van der Waals surface area contributed by atoms with Gasteiger partial charge < -0.3 is 9.73 Å². The van der Waals surface area contributed by atoms with Crippen LogP contribution in [0.5, 0.6) is 0 Å². The molecule has 4 nitrogen and oxygen atoms in total. The van der Waals surface area contributed by atoms with Crippen LogP contribution >= 0.6 is 0 Å². The largest absolute Gasteiger partial charge is 0.468 e. The normalized spacial score (nSPS) is 13.7. The number of halogens is 3. The highest BCUT2D eigenvalue weighted by Crippen LogP contribution is 2.20. The van der Waals surface area contributed by atoms with Gasteiger partial charge in [0, 0.05) is 0 Å². The van der Waals surface area contributed by atoms with Crippen molar-refractivity contribution in [2.45, 2.75) is 25.9 Å². The Morgan fingerprint density at radius 3 is 2.50 bits per heavy atom. The Balaban J connectivity index is 2.01. The maximum absolute atomic E-state index is 13.5. The van der Waals surface area contributed by atoms with Crippen molar-refractivity contribution in [2.75, 3.05) is 5.32 Å². The Morgan fingerprint density at radius 1 is 1.14 bits per heavy atom. The fourth-order valence-corrected chi connectivity index (χ4v) is 1.93. The number of hydrogen-bond acceptors (Lipinski definition) is 3. The van der Waals surface area contributed by atoms with Crippen LogP contribution < -0.4 is 10.6 Å². The summed E-state index contributed by atoms with van der Waals surface area (Å²) in [6.07, 6.45) is 1.51. The van der Waals surface area contributed by atoms with E-state index in [1.807, 2.05) is 0 Å². The summed E-state index contributed by atoms with van der Waals surface area (Å²) in [5.74, 6) is -4.31. The number of nitrogens with one attached hydrogen (secondary N) is 2. The number of amides is 1. The fraction of sp³-hybridized carbons (Fsp3) is 0.267. The van der Waals surface area contributed by atoms with Gasteiger partial charge in [0.05, 0.1) is 24.0 Å². The van der Waals surface area contributed by atoms with Crippen molar-refractivity contribution in [1.82, 2.24) is 5.32 Å². The molecule has 0 bridgehead atoms. The van der Waals surface area contributed by atoms with Crippen molar-refractivity contribution in [3.05, 3.63) is 53.7 Å². The number of carbonyl (C=O) groups is 1. The van der Waals surface area contributed by atoms with Crippen LogP contribution in [0.2, 0.25) is 0 Å². The Morgan fingerprint density at radius 2 is 1.86 bits per heavy atom. The number of furan rings is 1. The minimum Gasteiger partial charge on any atom is -0.468 e. The molecule has 0 aliphatic rings. The summed E-state index contributed by atoms with van der Waals surface area (Å²) in [4.78, 5) is 12.0. The molecule has 1 heterocycles. The molecule has 0 saturated carbocycles. The molecule has 2 atom stereocenters. The van der Waals surface area contributed by atoms with E-state index in [0.29, 0.717) is 5.76 Å². The minimum atomic E-state index is -1.62. The molecule has 1 aromatic carbocycles. The van der Waals surface area contributed by atoms with Crippen LogP contribution in [-0.2, 0) is 4.79 Å². The van der Waals surface area contributed by atoms with Gasteiger partial charge in [0.1, 0.15) is 5.76 Å². The predicted molar refractivity (Wildman–Crippen MR) is 74.7 cm³/mol. The minimum absolute atomic E-state index is 0.245. The zero-order valence-electron chi connectivity index (χ0n) is 12.0. The molecule has 0 saturated heterocycles. The van der Waals surface area contributed by atoms with E-state index in [-0.39, 0.29) is 6.04 Å². The van der Waals surface area contributed by atoms with Crippen molar-refractivity contribution in [1.29, 1.82) is 0 Å². The summed E-state index contributed by atoms with van der Waals surface area (Å²) in [7, 11) is 0. The maximum atomic E-state index is 13.5. The average molecular weight is 312 g/mol. The lowest BCUT2D eigenvalue weighted by Gasteiger charge is -2.18. The summed E-state index contributed by atoms with van der Waals surface area (Å²) in [6, 6.07) is 4.23. The molecule has 0 unspecified atom stereocenters. The highest BCUT2D eigenvalue weighted by atomic mass is 19.2. The third-order valence-electron chi connectivity index (χ3n) is 3.16. The first-order valence-corrected chi connectivity index (χ1v) is 6.64. The van der Waals surface area contributed by atoms with Gasteiger partial charge in [-0.2, -0.15) is 0 Å². The Bertz CT molecular complexity index is 659. The zero-order chi connectivity index (χ0) is 16.3. The number of anilines is 1. The second-order valence-electron chi connectivity index (χ2n) is 4.84. The van der Waals surface area contributed by atoms with Gasteiger partial charge in [0.15, 0.2) is 17.5 Å². The smallest absolute Gasteiger partial charge is 0.241 e. The molecule has 1 aromatic heterocycles. The van der Waals surface area contributed by atoms with Crippen molar-refractivity contribution < 1.29 is 22.4 Å². The Hall–Kier alpha value is -2.28. The molecular weight excluding hydrogens is 297 g/mol.